The maximum absolute atomic E-state index is 12.6. The van der Waals surface area contributed by atoms with E-state index in [1.165, 1.54) is 11.1 Å². The van der Waals surface area contributed by atoms with Crippen molar-refractivity contribution < 1.29 is 9.90 Å². The Morgan fingerprint density at radius 1 is 1.24 bits per heavy atom. The summed E-state index contributed by atoms with van der Waals surface area (Å²) in [6.07, 6.45) is 7.54. The van der Waals surface area contributed by atoms with Crippen LogP contribution in [0.15, 0.2) is 42.9 Å². The molecule has 0 saturated carbocycles. The lowest BCUT2D eigenvalue weighted by Gasteiger charge is -2.33. The Bertz CT molecular complexity index is 816. The Morgan fingerprint density at radius 2 is 2.10 bits per heavy atom. The first kappa shape index (κ1) is 19.8. The molecule has 2 aliphatic rings. The van der Waals surface area contributed by atoms with E-state index in [-0.39, 0.29) is 18.5 Å². The van der Waals surface area contributed by atoms with Crippen molar-refractivity contribution >= 4 is 6.03 Å². The summed E-state index contributed by atoms with van der Waals surface area (Å²) in [4.78, 5) is 25.2. The number of nitrogens with one attached hydrogen (secondary N) is 1. The fraction of sp³-hybridized carbons (Fsp3) is 0.500. The molecule has 1 unspecified atom stereocenters. The second kappa shape index (κ2) is 9.33. The van der Waals surface area contributed by atoms with Crippen molar-refractivity contribution in [2.75, 3.05) is 32.7 Å². The van der Waals surface area contributed by atoms with Crippen LogP contribution < -0.4 is 5.32 Å². The molecule has 0 aliphatic carbocycles. The lowest BCUT2D eigenvalue weighted by molar-refractivity contribution is 0.102. The van der Waals surface area contributed by atoms with Crippen molar-refractivity contribution in [3.05, 3.63) is 59.7 Å². The molecule has 2 aromatic rings. The third-order valence-electron chi connectivity index (χ3n) is 5.88. The number of rotatable bonds is 5. The first-order valence-corrected chi connectivity index (χ1v) is 10.4. The Balaban J connectivity index is 1.23. The highest BCUT2D eigenvalue weighted by molar-refractivity contribution is 5.74. The third kappa shape index (κ3) is 5.10. The standard InChI is InChI=1S/C22H29N5O2/c28-20(16-26-11-7-17-4-1-2-5-18(17)14-26)12-25-22(29)27-10-3-6-19(15-27)21-13-23-8-9-24-21/h1-2,4-5,8-9,13,19-20,28H,3,6-7,10-12,14-16H2,(H,25,29)/t19?,20-/m0/s1. The molecule has 154 valence electrons. The molecule has 3 heterocycles. The van der Waals surface area contributed by atoms with E-state index in [4.69, 9.17) is 0 Å². The van der Waals surface area contributed by atoms with Crippen LogP contribution >= 0.6 is 0 Å². The number of benzene rings is 1. The van der Waals surface area contributed by atoms with Gasteiger partial charge in [-0.05, 0) is 30.4 Å². The number of carbonyl (C=O) groups excluding carboxylic acids is 1. The minimum atomic E-state index is -0.579. The molecule has 1 fully saturated rings. The summed E-state index contributed by atoms with van der Waals surface area (Å²) in [5.41, 5.74) is 3.67. The average Bonchev–Trinajstić information content (AvgIpc) is 2.78. The van der Waals surface area contributed by atoms with Crippen molar-refractivity contribution in [2.24, 2.45) is 0 Å². The molecule has 7 heteroatoms. The molecule has 1 aromatic carbocycles. The SMILES string of the molecule is O=C(NC[C@H](O)CN1CCc2ccccc2C1)N1CCCC(c2cnccn2)C1. The van der Waals surface area contributed by atoms with Crippen molar-refractivity contribution in [1.29, 1.82) is 0 Å². The van der Waals surface area contributed by atoms with Crippen LogP contribution in [-0.2, 0) is 13.0 Å². The number of urea groups is 1. The molecule has 29 heavy (non-hydrogen) atoms. The quantitative estimate of drug-likeness (QED) is 0.807. The van der Waals surface area contributed by atoms with Gasteiger partial charge >= 0.3 is 6.03 Å². The fourth-order valence-corrected chi connectivity index (χ4v) is 4.31. The van der Waals surface area contributed by atoms with Crippen molar-refractivity contribution in [3.63, 3.8) is 0 Å². The number of β-amino-alcohol motifs (C(OH)–C–C–N with tert-alkyl or cyclic N) is 1. The van der Waals surface area contributed by atoms with E-state index >= 15 is 0 Å². The summed E-state index contributed by atoms with van der Waals surface area (Å²) in [5, 5.41) is 13.3. The van der Waals surface area contributed by atoms with Gasteiger partial charge in [0.25, 0.3) is 0 Å². The molecule has 1 saturated heterocycles. The van der Waals surface area contributed by atoms with E-state index in [9.17, 15) is 9.90 Å². The first-order chi connectivity index (χ1) is 14.2. The molecule has 2 amide bonds. The molecule has 7 nitrogen and oxygen atoms in total. The lowest BCUT2D eigenvalue weighted by Crippen LogP contribution is -2.48. The molecule has 0 spiro atoms. The molecule has 2 N–H and O–H groups in total. The molecule has 2 aliphatic heterocycles. The molecular formula is C22H29N5O2. The average molecular weight is 396 g/mol. The van der Waals surface area contributed by atoms with Gasteiger partial charge in [0.1, 0.15) is 0 Å². The van der Waals surface area contributed by atoms with Gasteiger partial charge in [0.2, 0.25) is 0 Å². The molecule has 4 rings (SSSR count). The molecule has 0 radical (unpaired) electrons. The van der Waals surface area contributed by atoms with Crippen LogP contribution in [0.3, 0.4) is 0 Å². The zero-order valence-corrected chi connectivity index (χ0v) is 16.7. The number of hydrogen-bond acceptors (Lipinski definition) is 5. The van der Waals surface area contributed by atoms with Gasteiger partial charge in [0.05, 0.1) is 11.8 Å². The largest absolute Gasteiger partial charge is 0.390 e. The minimum Gasteiger partial charge on any atom is -0.390 e. The number of aliphatic hydroxyl groups excluding tert-OH is 1. The first-order valence-electron chi connectivity index (χ1n) is 10.4. The number of piperidine rings is 1. The van der Waals surface area contributed by atoms with Crippen LogP contribution in [0.25, 0.3) is 0 Å². The molecular weight excluding hydrogens is 366 g/mol. The maximum atomic E-state index is 12.6. The Morgan fingerprint density at radius 3 is 2.93 bits per heavy atom. The van der Waals surface area contributed by atoms with Crippen LogP contribution in [0.1, 0.15) is 35.6 Å². The topological polar surface area (TPSA) is 81.6 Å². The van der Waals surface area contributed by atoms with Gasteiger partial charge in [-0.3, -0.25) is 14.9 Å². The molecule has 0 bridgehead atoms. The number of fused-ring (bicyclic) bond motifs is 1. The summed E-state index contributed by atoms with van der Waals surface area (Å²) in [5.74, 6) is 0.224. The summed E-state index contributed by atoms with van der Waals surface area (Å²) in [6.45, 7) is 4.01. The second-order valence-electron chi connectivity index (χ2n) is 8.01. The van der Waals surface area contributed by atoms with Crippen LogP contribution in [-0.4, -0.2) is 69.7 Å². The number of hydrogen-bond donors (Lipinski definition) is 2. The predicted molar refractivity (Wildman–Crippen MR) is 110 cm³/mol. The van der Waals surface area contributed by atoms with Gasteiger partial charge in [0, 0.05) is 63.8 Å². The minimum absolute atomic E-state index is 0.110. The van der Waals surface area contributed by atoms with Gasteiger partial charge < -0.3 is 15.3 Å². The van der Waals surface area contributed by atoms with E-state index in [2.05, 4.69) is 44.5 Å². The van der Waals surface area contributed by atoms with Gasteiger partial charge in [-0.15, -0.1) is 0 Å². The number of carbonyl (C=O) groups is 1. The number of likely N-dealkylation sites (tertiary alicyclic amines) is 1. The summed E-state index contributed by atoms with van der Waals surface area (Å²) >= 11 is 0. The zero-order valence-electron chi connectivity index (χ0n) is 16.7. The van der Waals surface area contributed by atoms with E-state index in [1.54, 1.807) is 18.6 Å². The number of nitrogens with zero attached hydrogens (tertiary/aromatic N) is 4. The van der Waals surface area contributed by atoms with Crippen LogP contribution in [0, 0.1) is 0 Å². The van der Waals surface area contributed by atoms with Gasteiger partial charge in [-0.25, -0.2) is 4.79 Å². The summed E-state index contributed by atoms with van der Waals surface area (Å²) in [7, 11) is 0. The lowest BCUT2D eigenvalue weighted by atomic mass is 9.95. The van der Waals surface area contributed by atoms with E-state index in [1.807, 2.05) is 4.90 Å². The van der Waals surface area contributed by atoms with Crippen molar-refractivity contribution in [1.82, 2.24) is 25.1 Å². The smallest absolute Gasteiger partial charge is 0.317 e. The van der Waals surface area contributed by atoms with E-state index < -0.39 is 6.10 Å². The normalized spacial score (nSPS) is 20.7. The van der Waals surface area contributed by atoms with Gasteiger partial charge in [0.15, 0.2) is 0 Å². The molecule has 1 aromatic heterocycles. The Kier molecular flexibility index (Phi) is 6.36. The van der Waals surface area contributed by atoms with Crippen LogP contribution in [0.4, 0.5) is 4.79 Å². The second-order valence-corrected chi connectivity index (χ2v) is 8.01. The number of amides is 2. The van der Waals surface area contributed by atoms with E-state index in [0.29, 0.717) is 13.1 Å². The monoisotopic (exact) mass is 395 g/mol. The number of aliphatic hydroxyl groups is 1. The van der Waals surface area contributed by atoms with Crippen molar-refractivity contribution in [3.8, 4) is 0 Å². The highest BCUT2D eigenvalue weighted by Crippen LogP contribution is 2.24. The molecule has 2 atom stereocenters. The number of aromatic nitrogens is 2. The summed E-state index contributed by atoms with van der Waals surface area (Å²) in [6, 6.07) is 8.36. The zero-order chi connectivity index (χ0) is 20.1. The predicted octanol–water partition coefficient (Wildman–Crippen LogP) is 1.78. The third-order valence-corrected chi connectivity index (χ3v) is 5.88. The van der Waals surface area contributed by atoms with E-state index in [0.717, 1.165) is 44.6 Å². The maximum Gasteiger partial charge on any atom is 0.317 e. The van der Waals surface area contributed by atoms with Crippen LogP contribution in [0.2, 0.25) is 0 Å². The van der Waals surface area contributed by atoms with Crippen LogP contribution in [0.5, 0.6) is 0 Å². The summed E-state index contributed by atoms with van der Waals surface area (Å²) < 4.78 is 0. The Hall–Kier alpha value is -2.51. The Labute approximate surface area is 171 Å². The fourth-order valence-electron chi connectivity index (χ4n) is 4.31. The van der Waals surface area contributed by atoms with Gasteiger partial charge in [-0.1, -0.05) is 24.3 Å². The highest BCUT2D eigenvalue weighted by atomic mass is 16.3. The highest BCUT2D eigenvalue weighted by Gasteiger charge is 2.26. The van der Waals surface area contributed by atoms with Gasteiger partial charge in [-0.2, -0.15) is 0 Å². The van der Waals surface area contributed by atoms with Crippen molar-refractivity contribution in [2.45, 2.75) is 37.8 Å².